The molecule has 3 rings (SSSR count). The van der Waals surface area contributed by atoms with Gasteiger partial charge in [0, 0.05) is 35.1 Å². The highest BCUT2D eigenvalue weighted by molar-refractivity contribution is 7.11. The van der Waals surface area contributed by atoms with E-state index in [-0.39, 0.29) is 0 Å². The minimum absolute atomic E-state index is 0.951. The van der Waals surface area contributed by atoms with Gasteiger partial charge in [-0.2, -0.15) is 0 Å². The van der Waals surface area contributed by atoms with Crippen molar-refractivity contribution in [2.24, 2.45) is 0 Å². The second-order valence-corrected chi connectivity index (χ2v) is 6.60. The van der Waals surface area contributed by atoms with Gasteiger partial charge in [-0.05, 0) is 48.6 Å². The molecule has 0 fully saturated rings. The van der Waals surface area contributed by atoms with Gasteiger partial charge >= 0.3 is 0 Å². The van der Waals surface area contributed by atoms with E-state index in [1.54, 1.807) is 0 Å². The lowest BCUT2D eigenvalue weighted by Crippen LogP contribution is -2.14. The van der Waals surface area contributed by atoms with Crippen molar-refractivity contribution in [2.75, 3.05) is 11.9 Å². The summed E-state index contributed by atoms with van der Waals surface area (Å²) in [6.45, 7) is 5.25. The summed E-state index contributed by atoms with van der Waals surface area (Å²) in [6, 6.07) is 11.3. The summed E-state index contributed by atoms with van der Waals surface area (Å²) >= 11 is 1.92. The zero-order chi connectivity index (χ0) is 13.8. The van der Waals surface area contributed by atoms with E-state index in [4.69, 9.17) is 0 Å². The lowest BCUT2D eigenvalue weighted by atomic mass is 10.0. The van der Waals surface area contributed by atoms with Gasteiger partial charge in [-0.25, -0.2) is 0 Å². The molecule has 0 aliphatic carbocycles. The van der Waals surface area contributed by atoms with Gasteiger partial charge in [0.2, 0.25) is 0 Å². The fourth-order valence-corrected chi connectivity index (χ4v) is 3.60. The first kappa shape index (κ1) is 13.7. The van der Waals surface area contributed by atoms with Crippen LogP contribution in [0.3, 0.4) is 0 Å². The Morgan fingerprint density at radius 1 is 1.15 bits per heavy atom. The maximum Gasteiger partial charge on any atom is 0.0372 e. The molecule has 1 aliphatic rings. The van der Waals surface area contributed by atoms with E-state index in [2.05, 4.69) is 47.9 Å². The molecule has 2 aromatic rings. The monoisotopic (exact) mass is 286 g/mol. The molecule has 106 valence electrons. The SMILES string of the molecule is CCc1ccc(CNCc2ccc3c(c2)CCCN3)s1. The molecule has 0 spiro atoms. The molecule has 0 amide bonds. The van der Waals surface area contributed by atoms with E-state index in [0.717, 1.165) is 26.1 Å². The largest absolute Gasteiger partial charge is 0.385 e. The molecule has 0 unspecified atom stereocenters. The molecule has 1 aliphatic heterocycles. The fourth-order valence-electron chi connectivity index (χ4n) is 2.68. The third kappa shape index (κ3) is 3.22. The summed E-state index contributed by atoms with van der Waals surface area (Å²) in [5.41, 5.74) is 4.19. The van der Waals surface area contributed by atoms with Gasteiger partial charge in [-0.1, -0.05) is 19.1 Å². The molecule has 0 atom stereocenters. The van der Waals surface area contributed by atoms with E-state index in [0.29, 0.717) is 0 Å². The van der Waals surface area contributed by atoms with E-state index < -0.39 is 0 Å². The van der Waals surface area contributed by atoms with Crippen LogP contribution in [0.15, 0.2) is 30.3 Å². The molecule has 2 heterocycles. The second-order valence-electron chi connectivity index (χ2n) is 5.35. The third-order valence-corrected chi connectivity index (χ3v) is 5.03. The van der Waals surface area contributed by atoms with E-state index in [1.807, 2.05) is 11.3 Å². The first-order valence-corrected chi connectivity index (χ1v) is 8.31. The van der Waals surface area contributed by atoms with Crippen LogP contribution in [-0.4, -0.2) is 6.54 Å². The number of hydrogen-bond acceptors (Lipinski definition) is 3. The maximum absolute atomic E-state index is 3.55. The molecule has 0 radical (unpaired) electrons. The fraction of sp³-hybridized carbons (Fsp3) is 0.412. The van der Waals surface area contributed by atoms with Crippen LogP contribution in [0.5, 0.6) is 0 Å². The van der Waals surface area contributed by atoms with Crippen LogP contribution in [0, 0.1) is 0 Å². The molecule has 2 N–H and O–H groups in total. The van der Waals surface area contributed by atoms with Gasteiger partial charge in [-0.3, -0.25) is 0 Å². The Morgan fingerprint density at radius 2 is 2.05 bits per heavy atom. The molecular weight excluding hydrogens is 264 g/mol. The summed E-state index contributed by atoms with van der Waals surface area (Å²) in [4.78, 5) is 2.91. The number of hydrogen-bond donors (Lipinski definition) is 2. The Hall–Kier alpha value is -1.32. The van der Waals surface area contributed by atoms with E-state index in [9.17, 15) is 0 Å². The molecule has 1 aromatic carbocycles. The number of aryl methyl sites for hydroxylation is 2. The van der Waals surface area contributed by atoms with Crippen LogP contribution in [0.25, 0.3) is 0 Å². The van der Waals surface area contributed by atoms with Crippen LogP contribution in [0.4, 0.5) is 5.69 Å². The standard InChI is InChI=1S/C17H22N2S/c1-2-15-6-7-16(20-15)12-18-11-13-5-8-17-14(10-13)4-3-9-19-17/h5-8,10,18-19H,2-4,9,11-12H2,1H3. The lowest BCUT2D eigenvalue weighted by molar-refractivity contribution is 0.699. The summed E-state index contributed by atoms with van der Waals surface area (Å²) in [5, 5.41) is 7.01. The number of benzene rings is 1. The van der Waals surface area contributed by atoms with Crippen LogP contribution < -0.4 is 10.6 Å². The first-order valence-electron chi connectivity index (χ1n) is 7.49. The summed E-state index contributed by atoms with van der Waals surface area (Å²) in [5.74, 6) is 0. The zero-order valence-corrected chi connectivity index (χ0v) is 12.9. The summed E-state index contributed by atoms with van der Waals surface area (Å²) < 4.78 is 0. The van der Waals surface area contributed by atoms with E-state index >= 15 is 0 Å². The second kappa shape index (κ2) is 6.42. The van der Waals surface area contributed by atoms with Crippen LogP contribution in [-0.2, 0) is 25.9 Å². The molecule has 20 heavy (non-hydrogen) atoms. The van der Waals surface area contributed by atoms with Crippen molar-refractivity contribution in [2.45, 2.75) is 39.3 Å². The van der Waals surface area contributed by atoms with Gasteiger partial charge in [0.25, 0.3) is 0 Å². The minimum atomic E-state index is 0.951. The summed E-state index contributed by atoms with van der Waals surface area (Å²) in [6.07, 6.45) is 3.60. The lowest BCUT2D eigenvalue weighted by Gasteiger charge is -2.18. The number of fused-ring (bicyclic) bond motifs is 1. The Balaban J connectivity index is 1.55. The number of thiophene rings is 1. The van der Waals surface area contributed by atoms with Gasteiger partial charge in [-0.15, -0.1) is 11.3 Å². The Kier molecular flexibility index (Phi) is 4.38. The molecule has 3 heteroatoms. The smallest absolute Gasteiger partial charge is 0.0372 e. The van der Waals surface area contributed by atoms with Crippen molar-refractivity contribution in [1.29, 1.82) is 0 Å². The predicted octanol–water partition coefficient (Wildman–Crippen LogP) is 3.96. The van der Waals surface area contributed by atoms with Gasteiger partial charge in [0.1, 0.15) is 0 Å². The summed E-state index contributed by atoms with van der Waals surface area (Å²) in [7, 11) is 0. The number of rotatable bonds is 5. The van der Waals surface area contributed by atoms with Crippen molar-refractivity contribution in [3.05, 3.63) is 51.2 Å². The van der Waals surface area contributed by atoms with Crippen molar-refractivity contribution >= 4 is 17.0 Å². The molecule has 0 bridgehead atoms. The highest BCUT2D eigenvalue weighted by Crippen LogP contribution is 2.23. The van der Waals surface area contributed by atoms with E-state index in [1.165, 1.54) is 39.4 Å². The zero-order valence-electron chi connectivity index (χ0n) is 12.0. The molecule has 2 nitrogen and oxygen atoms in total. The Labute approximate surface area is 125 Å². The topological polar surface area (TPSA) is 24.1 Å². The van der Waals surface area contributed by atoms with Crippen LogP contribution >= 0.6 is 11.3 Å². The molecule has 0 saturated carbocycles. The van der Waals surface area contributed by atoms with Crippen LogP contribution in [0.2, 0.25) is 0 Å². The average molecular weight is 286 g/mol. The van der Waals surface area contributed by atoms with Gasteiger partial charge < -0.3 is 10.6 Å². The number of anilines is 1. The normalized spacial score (nSPS) is 13.8. The minimum Gasteiger partial charge on any atom is -0.385 e. The van der Waals surface area contributed by atoms with Crippen molar-refractivity contribution in [3.8, 4) is 0 Å². The van der Waals surface area contributed by atoms with Crippen molar-refractivity contribution in [1.82, 2.24) is 5.32 Å². The number of nitrogens with one attached hydrogen (secondary N) is 2. The van der Waals surface area contributed by atoms with Crippen molar-refractivity contribution < 1.29 is 0 Å². The van der Waals surface area contributed by atoms with Crippen molar-refractivity contribution in [3.63, 3.8) is 0 Å². The van der Waals surface area contributed by atoms with Gasteiger partial charge in [0.15, 0.2) is 0 Å². The molecule has 1 aromatic heterocycles. The third-order valence-electron chi connectivity index (χ3n) is 3.80. The molecule has 0 saturated heterocycles. The first-order chi connectivity index (χ1) is 9.85. The predicted molar refractivity (Wildman–Crippen MR) is 87.5 cm³/mol. The quantitative estimate of drug-likeness (QED) is 0.869. The molecular formula is C17H22N2S. The highest BCUT2D eigenvalue weighted by Gasteiger charge is 2.08. The average Bonchev–Trinajstić information content (AvgIpc) is 2.95. The Bertz CT molecular complexity index is 574. The van der Waals surface area contributed by atoms with Gasteiger partial charge in [0.05, 0.1) is 0 Å². The maximum atomic E-state index is 3.55. The van der Waals surface area contributed by atoms with Crippen LogP contribution in [0.1, 0.15) is 34.2 Å². The Morgan fingerprint density at radius 3 is 2.90 bits per heavy atom. The highest BCUT2D eigenvalue weighted by atomic mass is 32.1.